The van der Waals surface area contributed by atoms with Crippen molar-refractivity contribution in [1.29, 1.82) is 0 Å². The average Bonchev–Trinajstić information content (AvgIpc) is 3.17. The van der Waals surface area contributed by atoms with E-state index in [-0.39, 0.29) is 11.7 Å². The molecule has 0 spiro atoms. The average molecular weight is 443 g/mol. The molecule has 1 N–H and O–H groups in total. The number of aryl methyl sites for hydroxylation is 2. The molecule has 0 aliphatic heterocycles. The van der Waals surface area contributed by atoms with Gasteiger partial charge in [-0.15, -0.1) is 0 Å². The Morgan fingerprint density at radius 2 is 1.75 bits per heavy atom. The van der Waals surface area contributed by atoms with Gasteiger partial charge in [0.15, 0.2) is 5.16 Å². The van der Waals surface area contributed by atoms with Crippen LogP contribution in [0.1, 0.15) is 29.2 Å². The highest BCUT2D eigenvalue weighted by atomic mass is 32.2. The summed E-state index contributed by atoms with van der Waals surface area (Å²) in [5, 5.41) is 4.91. The smallest absolute Gasteiger partial charge is 0.250 e. The number of hydrogen-bond donors (Lipinski definition) is 1. The molecular weight excluding hydrogens is 416 g/mol. The van der Waals surface area contributed by atoms with Gasteiger partial charge in [0.2, 0.25) is 0 Å². The van der Waals surface area contributed by atoms with E-state index < -0.39 is 0 Å². The van der Waals surface area contributed by atoms with Gasteiger partial charge in [-0.2, -0.15) is 5.10 Å². The van der Waals surface area contributed by atoms with Crippen LogP contribution in [0.3, 0.4) is 0 Å². The van der Waals surface area contributed by atoms with Crippen LogP contribution in [0.5, 0.6) is 0 Å². The van der Waals surface area contributed by atoms with E-state index in [0.29, 0.717) is 6.54 Å². The van der Waals surface area contributed by atoms with Crippen LogP contribution in [-0.2, 0) is 17.8 Å². The van der Waals surface area contributed by atoms with Crippen LogP contribution in [0.2, 0.25) is 0 Å². The summed E-state index contributed by atoms with van der Waals surface area (Å²) >= 11 is 1.42. The fourth-order valence-electron chi connectivity index (χ4n) is 3.37. The van der Waals surface area contributed by atoms with Crippen molar-refractivity contribution in [2.24, 2.45) is 5.10 Å². The van der Waals surface area contributed by atoms with Crippen LogP contribution in [0.15, 0.2) is 83.1 Å². The van der Waals surface area contributed by atoms with Gasteiger partial charge in [0.25, 0.3) is 5.91 Å². The summed E-state index contributed by atoms with van der Waals surface area (Å²) in [5.41, 5.74) is 9.26. The number of hydrogen-bond acceptors (Lipinski definition) is 4. The molecule has 0 bridgehead atoms. The summed E-state index contributed by atoms with van der Waals surface area (Å²) in [6.45, 7) is 4.91. The summed E-state index contributed by atoms with van der Waals surface area (Å²) in [7, 11) is 0. The zero-order valence-corrected chi connectivity index (χ0v) is 19.1. The van der Waals surface area contributed by atoms with E-state index >= 15 is 0 Å². The molecule has 162 valence electrons. The normalized spacial score (nSPS) is 11.3. The molecular formula is C26H26N4OS. The zero-order chi connectivity index (χ0) is 22.3. The van der Waals surface area contributed by atoms with E-state index in [0.717, 1.165) is 28.2 Å². The minimum atomic E-state index is -0.162. The third-order valence-electron chi connectivity index (χ3n) is 5.20. The SMILES string of the molecule is CCc1ccc(/C=N\NC(=O)CSc2nc3ccccc3n2Cc2ccc(C)cc2)cc1. The lowest BCUT2D eigenvalue weighted by Gasteiger charge is -2.09. The molecule has 0 saturated heterocycles. The number of aromatic nitrogens is 2. The molecule has 3 aromatic carbocycles. The quantitative estimate of drug-likeness (QED) is 0.232. The van der Waals surface area contributed by atoms with Crippen molar-refractivity contribution in [3.05, 3.63) is 95.1 Å². The molecule has 0 atom stereocenters. The minimum Gasteiger partial charge on any atom is -0.314 e. The number of nitrogens with one attached hydrogen (secondary N) is 1. The van der Waals surface area contributed by atoms with Crippen LogP contribution >= 0.6 is 11.8 Å². The van der Waals surface area contributed by atoms with Crippen LogP contribution in [-0.4, -0.2) is 27.4 Å². The Morgan fingerprint density at radius 3 is 2.50 bits per heavy atom. The van der Waals surface area contributed by atoms with Gasteiger partial charge in [0, 0.05) is 0 Å². The number of hydrazone groups is 1. The molecule has 0 fully saturated rings. The van der Waals surface area contributed by atoms with Crippen molar-refractivity contribution < 1.29 is 4.79 Å². The molecule has 1 aromatic heterocycles. The van der Waals surface area contributed by atoms with Crippen LogP contribution in [0, 0.1) is 6.92 Å². The van der Waals surface area contributed by atoms with Crippen molar-refractivity contribution in [2.45, 2.75) is 32.0 Å². The van der Waals surface area contributed by atoms with Gasteiger partial charge in [-0.05, 0) is 42.2 Å². The number of rotatable bonds is 8. The first-order valence-electron chi connectivity index (χ1n) is 10.7. The van der Waals surface area contributed by atoms with E-state index in [4.69, 9.17) is 4.98 Å². The molecule has 0 aliphatic rings. The largest absolute Gasteiger partial charge is 0.314 e. The number of amides is 1. The fourth-order valence-corrected chi connectivity index (χ4v) is 4.18. The van der Waals surface area contributed by atoms with E-state index in [9.17, 15) is 4.79 Å². The van der Waals surface area contributed by atoms with Crippen molar-refractivity contribution >= 4 is 34.9 Å². The van der Waals surface area contributed by atoms with Crippen molar-refractivity contribution in [3.8, 4) is 0 Å². The summed E-state index contributed by atoms with van der Waals surface area (Å²) in [6, 6.07) is 24.7. The maximum Gasteiger partial charge on any atom is 0.250 e. The molecule has 0 unspecified atom stereocenters. The van der Waals surface area contributed by atoms with Crippen LogP contribution < -0.4 is 5.43 Å². The predicted molar refractivity (Wildman–Crippen MR) is 132 cm³/mol. The topological polar surface area (TPSA) is 59.3 Å². The van der Waals surface area contributed by atoms with Gasteiger partial charge >= 0.3 is 0 Å². The number of para-hydroxylation sites is 2. The van der Waals surface area contributed by atoms with Crippen LogP contribution in [0.25, 0.3) is 11.0 Å². The number of carbonyl (C=O) groups excluding carboxylic acids is 1. The second-order valence-corrected chi connectivity index (χ2v) is 8.57. The highest BCUT2D eigenvalue weighted by molar-refractivity contribution is 7.99. The summed E-state index contributed by atoms with van der Waals surface area (Å²) < 4.78 is 2.16. The molecule has 4 aromatic rings. The first-order valence-corrected chi connectivity index (χ1v) is 11.7. The van der Waals surface area contributed by atoms with E-state index in [1.165, 1.54) is 28.5 Å². The standard InChI is InChI=1S/C26H26N4OS/c1-3-20-12-14-21(15-13-20)16-27-29-25(31)18-32-26-28-23-6-4-5-7-24(23)30(26)17-22-10-8-19(2)9-11-22/h4-16H,3,17-18H2,1-2H3,(H,29,31)/b27-16-. The predicted octanol–water partition coefficient (Wildman–Crippen LogP) is 5.20. The first-order chi connectivity index (χ1) is 15.6. The Hall–Kier alpha value is -3.38. The van der Waals surface area contributed by atoms with Gasteiger partial charge in [-0.25, -0.2) is 10.4 Å². The number of imidazole rings is 1. The maximum absolute atomic E-state index is 12.3. The molecule has 1 heterocycles. The van der Waals surface area contributed by atoms with E-state index in [1.807, 2.05) is 30.3 Å². The molecule has 0 radical (unpaired) electrons. The van der Waals surface area contributed by atoms with Gasteiger partial charge in [-0.1, -0.05) is 84.9 Å². The monoisotopic (exact) mass is 442 g/mol. The molecule has 5 nitrogen and oxygen atoms in total. The zero-order valence-electron chi connectivity index (χ0n) is 18.3. The first kappa shape index (κ1) is 21.8. The van der Waals surface area contributed by atoms with Crippen molar-refractivity contribution in [3.63, 3.8) is 0 Å². The third kappa shape index (κ3) is 5.45. The number of nitrogens with zero attached hydrogens (tertiary/aromatic N) is 3. The van der Waals surface area contributed by atoms with E-state index in [1.54, 1.807) is 6.21 Å². The minimum absolute atomic E-state index is 0.162. The number of carbonyl (C=O) groups is 1. The van der Waals surface area contributed by atoms with Crippen molar-refractivity contribution in [1.82, 2.24) is 15.0 Å². The highest BCUT2D eigenvalue weighted by Gasteiger charge is 2.13. The Morgan fingerprint density at radius 1 is 1.03 bits per heavy atom. The van der Waals surface area contributed by atoms with Crippen molar-refractivity contribution in [2.75, 3.05) is 5.75 Å². The number of fused-ring (bicyclic) bond motifs is 1. The number of thioether (sulfide) groups is 1. The summed E-state index contributed by atoms with van der Waals surface area (Å²) in [4.78, 5) is 17.1. The maximum atomic E-state index is 12.3. The highest BCUT2D eigenvalue weighted by Crippen LogP contribution is 2.25. The fraction of sp³-hybridized carbons (Fsp3) is 0.192. The van der Waals surface area contributed by atoms with Gasteiger partial charge in [0.05, 0.1) is 29.5 Å². The third-order valence-corrected chi connectivity index (χ3v) is 6.18. The van der Waals surface area contributed by atoms with Gasteiger partial charge in [-0.3, -0.25) is 4.79 Å². The second kappa shape index (κ2) is 10.3. The van der Waals surface area contributed by atoms with Gasteiger partial charge in [0.1, 0.15) is 0 Å². The molecule has 32 heavy (non-hydrogen) atoms. The van der Waals surface area contributed by atoms with Gasteiger partial charge < -0.3 is 4.57 Å². The molecule has 4 rings (SSSR count). The Bertz CT molecular complexity index is 1230. The Kier molecular flexibility index (Phi) is 7.02. The molecule has 1 amide bonds. The summed E-state index contributed by atoms with van der Waals surface area (Å²) in [6.07, 6.45) is 2.66. The van der Waals surface area contributed by atoms with Crippen LogP contribution in [0.4, 0.5) is 0 Å². The molecule has 6 heteroatoms. The molecule has 0 saturated carbocycles. The van der Waals surface area contributed by atoms with E-state index in [2.05, 4.69) is 71.4 Å². The summed E-state index contributed by atoms with van der Waals surface area (Å²) in [5.74, 6) is 0.0777. The molecule has 0 aliphatic carbocycles. The lowest BCUT2D eigenvalue weighted by Crippen LogP contribution is -2.20. The lowest BCUT2D eigenvalue weighted by atomic mass is 10.1. The Labute approximate surface area is 192 Å². The lowest BCUT2D eigenvalue weighted by molar-refractivity contribution is -0.118. The number of benzene rings is 3. The Balaban J connectivity index is 1.42. The second-order valence-electron chi connectivity index (χ2n) is 7.63.